The monoisotopic (exact) mass is 546 g/mol. The van der Waals surface area contributed by atoms with Gasteiger partial charge in [0.05, 0.1) is 29.7 Å². The van der Waals surface area contributed by atoms with E-state index in [2.05, 4.69) is 5.32 Å². The highest BCUT2D eigenvalue weighted by Crippen LogP contribution is 2.29. The minimum Gasteiger partial charge on any atom is -0.497 e. The van der Waals surface area contributed by atoms with Gasteiger partial charge in [-0.3, -0.25) is 9.36 Å². The van der Waals surface area contributed by atoms with Crippen molar-refractivity contribution in [1.82, 2.24) is 14.5 Å². The van der Waals surface area contributed by atoms with E-state index in [1.807, 2.05) is 87.5 Å². The topological polar surface area (TPSA) is 76.5 Å². The molecule has 0 aliphatic carbocycles. The number of carbonyl (C=O) groups excluding carboxylic acids is 1. The second kappa shape index (κ2) is 12.1. The van der Waals surface area contributed by atoms with Gasteiger partial charge < -0.3 is 15.0 Å². The first kappa shape index (κ1) is 27.6. The van der Waals surface area contributed by atoms with Crippen LogP contribution in [0.3, 0.4) is 0 Å². The van der Waals surface area contributed by atoms with Crippen LogP contribution >= 0.6 is 0 Å². The number of rotatable bonds is 8. The number of ether oxygens (including phenoxy) is 1. The molecule has 4 aromatic carbocycles. The van der Waals surface area contributed by atoms with Crippen molar-refractivity contribution in [3.63, 3.8) is 0 Å². The molecule has 0 saturated heterocycles. The van der Waals surface area contributed by atoms with E-state index >= 15 is 0 Å². The van der Waals surface area contributed by atoms with Crippen LogP contribution in [0.5, 0.6) is 5.75 Å². The van der Waals surface area contributed by atoms with E-state index < -0.39 is 6.04 Å². The summed E-state index contributed by atoms with van der Waals surface area (Å²) in [5.74, 6) is 1.22. The van der Waals surface area contributed by atoms with Crippen LogP contribution in [0.4, 0.5) is 10.5 Å². The molecule has 0 bridgehead atoms. The van der Waals surface area contributed by atoms with Gasteiger partial charge in [-0.25, -0.2) is 9.78 Å². The molecular formula is C34H34N4O3. The normalized spacial score (nSPS) is 11.7. The first-order chi connectivity index (χ1) is 19.9. The molecule has 5 aromatic rings. The number of methoxy groups -OCH3 is 1. The third kappa shape index (κ3) is 5.84. The summed E-state index contributed by atoms with van der Waals surface area (Å²) in [5, 5.41) is 3.57. The Morgan fingerprint density at radius 2 is 1.63 bits per heavy atom. The summed E-state index contributed by atoms with van der Waals surface area (Å²) >= 11 is 0. The van der Waals surface area contributed by atoms with Crippen molar-refractivity contribution in [2.24, 2.45) is 0 Å². The zero-order valence-electron chi connectivity index (χ0n) is 23.8. The standard InChI is InChI=1S/C34H34N4O3/c1-5-31(37(22-25-11-7-6-8-12-25)34(40)35-26-16-19-28(41-4)20-17-26)32-36-30-14-10-9-13-29(30)33(39)38(32)27-18-15-23(2)24(3)21-27/h6-21,31H,5,22H2,1-4H3,(H,35,40). The molecule has 0 aliphatic heterocycles. The molecule has 1 heterocycles. The highest BCUT2D eigenvalue weighted by Gasteiger charge is 2.29. The smallest absolute Gasteiger partial charge is 0.322 e. The Kier molecular flexibility index (Phi) is 8.15. The summed E-state index contributed by atoms with van der Waals surface area (Å²) in [6.07, 6.45) is 0.540. The zero-order valence-corrected chi connectivity index (χ0v) is 23.8. The molecule has 2 amide bonds. The molecule has 41 heavy (non-hydrogen) atoms. The van der Waals surface area contributed by atoms with Gasteiger partial charge in [-0.05, 0) is 85.5 Å². The van der Waals surface area contributed by atoms with Gasteiger partial charge in [-0.1, -0.05) is 55.5 Å². The number of hydrogen-bond acceptors (Lipinski definition) is 4. The minimum absolute atomic E-state index is 0.164. The molecule has 7 heteroatoms. The number of nitrogens with zero attached hydrogens (tertiary/aromatic N) is 3. The highest BCUT2D eigenvalue weighted by molar-refractivity contribution is 5.89. The minimum atomic E-state index is -0.507. The maximum Gasteiger partial charge on any atom is 0.322 e. The van der Waals surface area contributed by atoms with Gasteiger partial charge in [0, 0.05) is 12.2 Å². The molecule has 0 aliphatic rings. The molecule has 7 nitrogen and oxygen atoms in total. The van der Waals surface area contributed by atoms with E-state index in [1.165, 1.54) is 0 Å². The molecule has 1 atom stereocenters. The van der Waals surface area contributed by atoms with Gasteiger partial charge >= 0.3 is 6.03 Å². The van der Waals surface area contributed by atoms with Gasteiger partial charge in [-0.2, -0.15) is 0 Å². The fourth-order valence-electron chi connectivity index (χ4n) is 5.00. The summed E-state index contributed by atoms with van der Waals surface area (Å²) in [6, 6.07) is 29.6. The average molecular weight is 547 g/mol. The number of aromatic nitrogens is 2. The van der Waals surface area contributed by atoms with E-state index in [4.69, 9.17) is 9.72 Å². The Labute approximate surface area is 240 Å². The van der Waals surface area contributed by atoms with Crippen molar-refractivity contribution < 1.29 is 9.53 Å². The molecule has 0 saturated carbocycles. The Morgan fingerprint density at radius 1 is 0.927 bits per heavy atom. The second-order valence-corrected chi connectivity index (χ2v) is 10.1. The lowest BCUT2D eigenvalue weighted by Crippen LogP contribution is -2.40. The maximum atomic E-state index is 14.1. The summed E-state index contributed by atoms with van der Waals surface area (Å²) in [4.78, 5) is 34.9. The van der Waals surface area contributed by atoms with Crippen LogP contribution in [0, 0.1) is 13.8 Å². The van der Waals surface area contributed by atoms with Crippen LogP contribution in [0.25, 0.3) is 16.6 Å². The third-order valence-corrected chi connectivity index (χ3v) is 7.41. The molecule has 0 fully saturated rings. The molecule has 0 spiro atoms. The summed E-state index contributed by atoms with van der Waals surface area (Å²) in [7, 11) is 1.60. The Morgan fingerprint density at radius 3 is 2.32 bits per heavy atom. The van der Waals surface area contributed by atoms with E-state index in [9.17, 15) is 9.59 Å². The number of urea groups is 1. The van der Waals surface area contributed by atoms with Crippen molar-refractivity contribution in [1.29, 1.82) is 0 Å². The molecule has 1 N–H and O–H groups in total. The average Bonchev–Trinajstić information content (AvgIpc) is 2.99. The number of nitrogens with one attached hydrogen (secondary N) is 1. The highest BCUT2D eigenvalue weighted by atomic mass is 16.5. The molecule has 1 aromatic heterocycles. The number of aryl methyl sites for hydroxylation is 2. The van der Waals surface area contributed by atoms with Gasteiger partial charge in [0.15, 0.2) is 0 Å². The summed E-state index contributed by atoms with van der Waals surface area (Å²) in [5.41, 5.74) is 4.97. The molecule has 208 valence electrons. The van der Waals surface area contributed by atoms with Crippen molar-refractivity contribution in [2.75, 3.05) is 12.4 Å². The predicted octanol–water partition coefficient (Wildman–Crippen LogP) is 7.20. The number of anilines is 1. The number of hydrogen-bond donors (Lipinski definition) is 1. The van der Waals surface area contributed by atoms with Crippen LogP contribution in [0.1, 0.15) is 41.9 Å². The quantitative estimate of drug-likeness (QED) is 0.223. The van der Waals surface area contributed by atoms with E-state index in [0.717, 1.165) is 22.4 Å². The van der Waals surface area contributed by atoms with Crippen molar-refractivity contribution >= 4 is 22.6 Å². The molecule has 0 radical (unpaired) electrons. The van der Waals surface area contributed by atoms with E-state index in [-0.39, 0.29) is 11.6 Å². The first-order valence-corrected chi connectivity index (χ1v) is 13.7. The van der Waals surface area contributed by atoms with Crippen LogP contribution < -0.4 is 15.6 Å². The third-order valence-electron chi connectivity index (χ3n) is 7.41. The van der Waals surface area contributed by atoms with Crippen LogP contribution in [0.2, 0.25) is 0 Å². The molecular weight excluding hydrogens is 512 g/mol. The van der Waals surface area contributed by atoms with Crippen LogP contribution in [-0.2, 0) is 6.54 Å². The predicted molar refractivity (Wildman–Crippen MR) is 164 cm³/mol. The molecule has 5 rings (SSSR count). The lowest BCUT2D eigenvalue weighted by molar-refractivity contribution is 0.177. The Balaban J connectivity index is 1.67. The second-order valence-electron chi connectivity index (χ2n) is 10.1. The maximum absolute atomic E-state index is 14.1. The summed E-state index contributed by atoms with van der Waals surface area (Å²) < 4.78 is 6.94. The Bertz CT molecular complexity index is 1730. The van der Waals surface area contributed by atoms with Crippen LogP contribution in [-0.4, -0.2) is 27.6 Å². The number of amides is 2. The fourth-order valence-corrected chi connectivity index (χ4v) is 5.00. The van der Waals surface area contributed by atoms with E-state index in [1.54, 1.807) is 46.9 Å². The van der Waals surface area contributed by atoms with Gasteiger partial charge in [0.2, 0.25) is 0 Å². The first-order valence-electron chi connectivity index (χ1n) is 13.7. The van der Waals surface area contributed by atoms with Crippen molar-refractivity contribution in [3.8, 4) is 11.4 Å². The lowest BCUT2D eigenvalue weighted by atomic mass is 10.1. The van der Waals surface area contributed by atoms with Crippen LogP contribution in [0.15, 0.2) is 102 Å². The lowest BCUT2D eigenvalue weighted by Gasteiger charge is -2.32. The largest absolute Gasteiger partial charge is 0.497 e. The number of fused-ring (bicyclic) bond motifs is 1. The van der Waals surface area contributed by atoms with Gasteiger partial charge in [0.25, 0.3) is 5.56 Å². The fraction of sp³-hybridized carbons (Fsp3) is 0.206. The molecule has 1 unspecified atom stereocenters. The SMILES string of the molecule is CCC(c1nc2ccccc2c(=O)n1-c1ccc(C)c(C)c1)N(Cc1ccccc1)C(=O)Nc1ccc(OC)cc1. The van der Waals surface area contributed by atoms with Crippen molar-refractivity contribution in [2.45, 2.75) is 39.8 Å². The van der Waals surface area contributed by atoms with Crippen molar-refractivity contribution in [3.05, 3.63) is 130 Å². The number of benzene rings is 4. The van der Waals surface area contributed by atoms with Gasteiger partial charge in [0.1, 0.15) is 11.6 Å². The Hall–Kier alpha value is -4.91. The zero-order chi connectivity index (χ0) is 28.9. The van der Waals surface area contributed by atoms with Gasteiger partial charge in [-0.15, -0.1) is 0 Å². The number of para-hydroxylation sites is 1. The van der Waals surface area contributed by atoms with E-state index in [0.29, 0.717) is 41.1 Å². The summed E-state index contributed by atoms with van der Waals surface area (Å²) in [6.45, 7) is 6.41. The number of carbonyl (C=O) groups is 1.